The highest BCUT2D eigenvalue weighted by Gasteiger charge is 2.13. The fraction of sp³-hybridized carbons (Fsp3) is 0.294. The Labute approximate surface area is 143 Å². The first-order valence-electron chi connectivity index (χ1n) is 7.86. The molecule has 0 aliphatic carbocycles. The normalized spacial score (nSPS) is 11.0. The van der Waals surface area contributed by atoms with Gasteiger partial charge >= 0.3 is 5.69 Å². The van der Waals surface area contributed by atoms with Crippen molar-refractivity contribution in [3.63, 3.8) is 0 Å². The molecule has 0 unspecified atom stereocenters. The summed E-state index contributed by atoms with van der Waals surface area (Å²) in [5, 5.41) is 3.22. The molecule has 0 saturated carbocycles. The third-order valence-corrected chi connectivity index (χ3v) is 4.17. The van der Waals surface area contributed by atoms with E-state index in [1.54, 1.807) is 30.1 Å². The second-order valence-corrected chi connectivity index (χ2v) is 5.88. The molecule has 0 aliphatic heterocycles. The van der Waals surface area contributed by atoms with E-state index >= 15 is 0 Å². The van der Waals surface area contributed by atoms with Crippen molar-refractivity contribution in [2.24, 2.45) is 14.1 Å². The molecule has 2 heterocycles. The Morgan fingerprint density at radius 3 is 2.68 bits per heavy atom. The minimum absolute atomic E-state index is 0.00803. The molecule has 2 aromatic heterocycles. The van der Waals surface area contributed by atoms with Gasteiger partial charge in [0, 0.05) is 38.4 Å². The first kappa shape index (κ1) is 16.7. The van der Waals surface area contributed by atoms with Crippen molar-refractivity contribution < 1.29 is 4.79 Å². The summed E-state index contributed by atoms with van der Waals surface area (Å²) in [5.41, 5.74) is 1.46. The minimum Gasteiger partial charge on any atom is -0.383 e. The van der Waals surface area contributed by atoms with Crippen molar-refractivity contribution >= 4 is 22.6 Å². The molecule has 25 heavy (non-hydrogen) atoms. The average molecular weight is 341 g/mol. The number of nitrogens with one attached hydrogen (secondary N) is 1. The lowest BCUT2D eigenvalue weighted by atomic mass is 10.1. The summed E-state index contributed by atoms with van der Waals surface area (Å²) in [6, 6.07) is 7.25. The molecule has 0 amide bonds. The molecule has 0 fully saturated rings. The lowest BCUT2D eigenvalue weighted by Gasteiger charge is -2.09. The molecule has 0 atom stereocenters. The number of rotatable bonds is 5. The van der Waals surface area contributed by atoms with Gasteiger partial charge in [0.1, 0.15) is 0 Å². The van der Waals surface area contributed by atoms with Crippen LogP contribution in [0, 0.1) is 0 Å². The highest BCUT2D eigenvalue weighted by Crippen LogP contribution is 2.11. The van der Waals surface area contributed by atoms with E-state index in [0.717, 1.165) is 10.3 Å². The lowest BCUT2D eigenvalue weighted by molar-refractivity contribution is 0.101. The second-order valence-electron chi connectivity index (χ2n) is 5.88. The van der Waals surface area contributed by atoms with Gasteiger partial charge in [-0.05, 0) is 19.1 Å². The van der Waals surface area contributed by atoms with Gasteiger partial charge in [0.25, 0.3) is 5.56 Å². The van der Waals surface area contributed by atoms with Crippen LogP contribution in [0.4, 0.5) is 5.69 Å². The average Bonchev–Trinajstić information content (AvgIpc) is 3.02. The monoisotopic (exact) mass is 341 g/mol. The van der Waals surface area contributed by atoms with Crippen molar-refractivity contribution in [2.45, 2.75) is 13.5 Å². The van der Waals surface area contributed by atoms with E-state index < -0.39 is 5.69 Å². The van der Waals surface area contributed by atoms with Crippen LogP contribution >= 0.6 is 0 Å². The molecule has 1 N–H and O–H groups in total. The molecule has 3 aromatic rings. The van der Waals surface area contributed by atoms with Crippen molar-refractivity contribution in [1.29, 1.82) is 0 Å². The van der Waals surface area contributed by atoms with E-state index in [1.165, 1.54) is 18.5 Å². The Kier molecular flexibility index (Phi) is 4.26. The fourth-order valence-corrected chi connectivity index (χ4v) is 2.74. The van der Waals surface area contributed by atoms with Gasteiger partial charge in [-0.2, -0.15) is 0 Å². The fourth-order valence-electron chi connectivity index (χ4n) is 2.74. The Bertz CT molecular complexity index is 1070. The standard InChI is InChI=1S/C17H19N5O3/c1-11(23)12-5-4-6-13(9-12)18-7-8-22-10-19-15-14(22)16(24)21(3)17(25)20(15)2/h4-6,9-10,18H,7-8H2,1-3H3. The maximum atomic E-state index is 12.4. The van der Waals surface area contributed by atoms with Gasteiger partial charge in [-0.25, -0.2) is 9.78 Å². The Morgan fingerprint density at radius 1 is 1.20 bits per heavy atom. The van der Waals surface area contributed by atoms with E-state index in [-0.39, 0.29) is 11.3 Å². The molecule has 3 rings (SSSR count). The van der Waals surface area contributed by atoms with E-state index in [4.69, 9.17) is 0 Å². The van der Waals surface area contributed by atoms with Crippen LogP contribution in [0.1, 0.15) is 17.3 Å². The molecule has 0 spiro atoms. The van der Waals surface area contributed by atoms with Gasteiger partial charge in [-0.3, -0.25) is 18.7 Å². The first-order chi connectivity index (χ1) is 11.9. The number of hydrogen-bond donors (Lipinski definition) is 1. The first-order valence-corrected chi connectivity index (χ1v) is 7.86. The van der Waals surface area contributed by atoms with Gasteiger partial charge in [0.05, 0.1) is 6.33 Å². The number of aryl methyl sites for hydroxylation is 1. The van der Waals surface area contributed by atoms with Gasteiger partial charge in [-0.15, -0.1) is 0 Å². The molecule has 1 aromatic carbocycles. The number of imidazole rings is 1. The van der Waals surface area contributed by atoms with Crippen molar-refractivity contribution in [3.8, 4) is 0 Å². The summed E-state index contributed by atoms with van der Waals surface area (Å²) in [7, 11) is 3.04. The lowest BCUT2D eigenvalue weighted by Crippen LogP contribution is -2.37. The molecule has 8 nitrogen and oxygen atoms in total. The zero-order chi connectivity index (χ0) is 18.1. The van der Waals surface area contributed by atoms with Crippen LogP contribution in [0.2, 0.25) is 0 Å². The molecule has 0 aliphatic rings. The molecule has 0 radical (unpaired) electrons. The Balaban J connectivity index is 1.83. The number of hydrogen-bond acceptors (Lipinski definition) is 5. The summed E-state index contributed by atoms with van der Waals surface area (Å²) < 4.78 is 4.15. The number of ketones is 1. The number of Topliss-reactive ketones (excluding diaryl/α,β-unsaturated/α-hetero) is 1. The van der Waals surface area contributed by atoms with Gasteiger partial charge < -0.3 is 9.88 Å². The van der Waals surface area contributed by atoms with Crippen LogP contribution in [-0.4, -0.2) is 31.0 Å². The smallest absolute Gasteiger partial charge is 0.332 e. The van der Waals surface area contributed by atoms with E-state index in [1.807, 2.05) is 12.1 Å². The third-order valence-electron chi connectivity index (χ3n) is 4.17. The summed E-state index contributed by atoms with van der Waals surface area (Å²) >= 11 is 0. The van der Waals surface area contributed by atoms with Gasteiger partial charge in [-0.1, -0.05) is 12.1 Å². The zero-order valence-corrected chi connectivity index (χ0v) is 14.3. The molecule has 8 heteroatoms. The molecule has 0 bridgehead atoms. The highest BCUT2D eigenvalue weighted by atomic mass is 16.2. The number of aromatic nitrogens is 4. The minimum atomic E-state index is -0.401. The maximum absolute atomic E-state index is 12.4. The number of fused-ring (bicyclic) bond motifs is 1. The van der Waals surface area contributed by atoms with Crippen molar-refractivity contribution in [1.82, 2.24) is 18.7 Å². The van der Waals surface area contributed by atoms with E-state index in [2.05, 4.69) is 10.3 Å². The predicted octanol–water partition coefficient (Wildman–Crippen LogP) is 0.748. The quantitative estimate of drug-likeness (QED) is 0.692. The number of anilines is 1. The van der Waals surface area contributed by atoms with Crippen molar-refractivity contribution in [2.75, 3.05) is 11.9 Å². The Hall–Kier alpha value is -3.16. The zero-order valence-electron chi connectivity index (χ0n) is 14.3. The number of nitrogens with zero attached hydrogens (tertiary/aromatic N) is 4. The van der Waals surface area contributed by atoms with Crippen LogP contribution in [-0.2, 0) is 20.6 Å². The number of carbonyl (C=O) groups is 1. The molecular weight excluding hydrogens is 322 g/mol. The van der Waals surface area contributed by atoms with Crippen LogP contribution < -0.4 is 16.6 Å². The summed E-state index contributed by atoms with van der Waals surface area (Å²) in [5.74, 6) is 0.00803. The highest BCUT2D eigenvalue weighted by molar-refractivity contribution is 5.94. The van der Waals surface area contributed by atoms with E-state index in [9.17, 15) is 14.4 Å². The largest absolute Gasteiger partial charge is 0.383 e. The van der Waals surface area contributed by atoms with Crippen LogP contribution in [0.3, 0.4) is 0 Å². The topological polar surface area (TPSA) is 90.9 Å². The van der Waals surface area contributed by atoms with Crippen LogP contribution in [0.25, 0.3) is 11.2 Å². The van der Waals surface area contributed by atoms with Gasteiger partial charge in [0.2, 0.25) is 0 Å². The number of benzene rings is 1. The van der Waals surface area contributed by atoms with Crippen LogP contribution in [0.15, 0.2) is 40.2 Å². The molecule has 130 valence electrons. The van der Waals surface area contributed by atoms with Crippen LogP contribution in [0.5, 0.6) is 0 Å². The van der Waals surface area contributed by atoms with Crippen molar-refractivity contribution in [3.05, 3.63) is 57.0 Å². The maximum Gasteiger partial charge on any atom is 0.332 e. The third kappa shape index (κ3) is 2.98. The molecular formula is C17H19N5O3. The second kappa shape index (κ2) is 6.39. The molecule has 0 saturated heterocycles. The van der Waals surface area contributed by atoms with E-state index in [0.29, 0.717) is 29.8 Å². The summed E-state index contributed by atoms with van der Waals surface area (Å²) in [6.45, 7) is 2.56. The van der Waals surface area contributed by atoms with Gasteiger partial charge in [0.15, 0.2) is 16.9 Å². The summed E-state index contributed by atoms with van der Waals surface area (Å²) in [4.78, 5) is 39.9. The Morgan fingerprint density at radius 2 is 1.96 bits per heavy atom. The SMILES string of the molecule is CC(=O)c1cccc(NCCn2cnc3c2c(=O)n(C)c(=O)n3C)c1. The predicted molar refractivity (Wildman–Crippen MR) is 95.2 cm³/mol. The number of carbonyl (C=O) groups excluding carboxylic acids is 1. The summed E-state index contributed by atoms with van der Waals surface area (Å²) in [6.07, 6.45) is 1.55.